The van der Waals surface area contributed by atoms with Gasteiger partial charge in [-0.3, -0.25) is 0 Å². The molecule has 2 nitrogen and oxygen atoms in total. The lowest BCUT2D eigenvalue weighted by Crippen LogP contribution is -2.16. The van der Waals surface area contributed by atoms with Crippen LogP contribution in [-0.2, 0) is 4.74 Å². The van der Waals surface area contributed by atoms with Gasteiger partial charge in [-0.05, 0) is 49.8 Å². The zero-order valence-electron chi connectivity index (χ0n) is 10.5. The van der Waals surface area contributed by atoms with Gasteiger partial charge in [-0.15, -0.1) is 0 Å². The normalized spacial score (nSPS) is 18.7. The third-order valence-electron chi connectivity index (χ3n) is 3.25. The van der Waals surface area contributed by atoms with Crippen molar-refractivity contribution in [1.82, 2.24) is 0 Å². The Hall–Kier alpha value is -1.64. The predicted octanol–water partition coefficient (Wildman–Crippen LogP) is 3.65. The van der Waals surface area contributed by atoms with Crippen LogP contribution >= 0.6 is 0 Å². The summed E-state index contributed by atoms with van der Waals surface area (Å²) >= 11 is 0. The van der Waals surface area contributed by atoms with Crippen LogP contribution in [0.3, 0.4) is 0 Å². The van der Waals surface area contributed by atoms with Gasteiger partial charge < -0.3 is 4.74 Å². The molecule has 96 valence electrons. The van der Waals surface area contributed by atoms with Gasteiger partial charge >= 0.3 is 5.97 Å². The topological polar surface area (TPSA) is 26.3 Å². The number of hydrogen-bond donors (Lipinski definition) is 0. The van der Waals surface area contributed by atoms with Crippen molar-refractivity contribution in [2.45, 2.75) is 26.2 Å². The molecule has 2 rings (SSSR count). The van der Waals surface area contributed by atoms with E-state index in [4.69, 9.17) is 4.74 Å². The molecule has 0 aromatic heterocycles. The average Bonchev–Trinajstić information content (AvgIpc) is 2.40. The molecule has 0 fully saturated rings. The first kappa shape index (κ1) is 12.8. The molecule has 0 saturated carbocycles. The highest BCUT2D eigenvalue weighted by Gasteiger charge is 2.15. The minimum Gasteiger partial charge on any atom is -0.462 e. The van der Waals surface area contributed by atoms with Crippen LogP contribution in [0.1, 0.15) is 35.2 Å². The number of ether oxygens (including phenoxy) is 1. The summed E-state index contributed by atoms with van der Waals surface area (Å²) in [7, 11) is 0. The summed E-state index contributed by atoms with van der Waals surface area (Å²) in [6.45, 7) is 2.19. The second-order valence-corrected chi connectivity index (χ2v) is 4.71. The first-order valence-electron chi connectivity index (χ1n) is 6.25. The van der Waals surface area contributed by atoms with Gasteiger partial charge in [-0.1, -0.05) is 18.2 Å². The number of hydrogen-bond acceptors (Lipinski definition) is 2. The van der Waals surface area contributed by atoms with Crippen LogP contribution in [0.15, 0.2) is 30.4 Å². The Morgan fingerprint density at radius 1 is 1.44 bits per heavy atom. The van der Waals surface area contributed by atoms with Gasteiger partial charge in [0.25, 0.3) is 0 Å². The van der Waals surface area contributed by atoms with E-state index in [0.29, 0.717) is 18.1 Å². The Kier molecular flexibility index (Phi) is 4.13. The fourth-order valence-electron chi connectivity index (χ4n) is 2.09. The van der Waals surface area contributed by atoms with Crippen molar-refractivity contribution < 1.29 is 13.9 Å². The van der Waals surface area contributed by atoms with E-state index in [9.17, 15) is 9.18 Å². The van der Waals surface area contributed by atoms with Crippen molar-refractivity contribution in [3.05, 3.63) is 47.3 Å². The van der Waals surface area contributed by atoms with Crippen molar-refractivity contribution in [3.8, 4) is 0 Å². The zero-order chi connectivity index (χ0) is 13.0. The second-order valence-electron chi connectivity index (χ2n) is 4.71. The summed E-state index contributed by atoms with van der Waals surface area (Å²) in [6, 6.07) is 4.17. The molecule has 18 heavy (non-hydrogen) atoms. The summed E-state index contributed by atoms with van der Waals surface area (Å²) in [5.41, 5.74) is 1.06. The number of aryl methyl sites for hydroxylation is 1. The molecule has 3 heteroatoms. The molecule has 1 atom stereocenters. The number of carbonyl (C=O) groups is 1. The van der Waals surface area contributed by atoms with E-state index >= 15 is 0 Å². The Balaban J connectivity index is 1.95. The molecule has 0 aliphatic heterocycles. The number of benzene rings is 1. The van der Waals surface area contributed by atoms with Gasteiger partial charge in [0.1, 0.15) is 5.82 Å². The summed E-state index contributed by atoms with van der Waals surface area (Å²) in [5.74, 6) is -0.442. The van der Waals surface area contributed by atoms with E-state index in [0.717, 1.165) is 24.8 Å². The van der Waals surface area contributed by atoms with Crippen molar-refractivity contribution in [2.75, 3.05) is 6.61 Å². The van der Waals surface area contributed by atoms with Crippen molar-refractivity contribution in [3.63, 3.8) is 0 Å². The quantitative estimate of drug-likeness (QED) is 0.603. The molecule has 1 unspecified atom stereocenters. The van der Waals surface area contributed by atoms with Crippen LogP contribution in [0.5, 0.6) is 0 Å². The van der Waals surface area contributed by atoms with Gasteiger partial charge in [0.15, 0.2) is 0 Å². The van der Waals surface area contributed by atoms with Crippen molar-refractivity contribution >= 4 is 5.97 Å². The fraction of sp³-hybridized carbons (Fsp3) is 0.400. The van der Waals surface area contributed by atoms with Gasteiger partial charge in [-0.25, -0.2) is 9.18 Å². The van der Waals surface area contributed by atoms with Crippen LogP contribution in [-0.4, -0.2) is 12.6 Å². The SMILES string of the molecule is Cc1ccc(F)cc1C(=O)OCC1CC=CCC1. The molecule has 0 N–H and O–H groups in total. The molecule has 0 heterocycles. The van der Waals surface area contributed by atoms with E-state index < -0.39 is 11.8 Å². The van der Waals surface area contributed by atoms with Gasteiger partial charge in [0, 0.05) is 0 Å². The minimum atomic E-state index is -0.429. The molecule has 1 aliphatic rings. The monoisotopic (exact) mass is 248 g/mol. The molecule has 1 aromatic rings. The van der Waals surface area contributed by atoms with Crippen LogP contribution < -0.4 is 0 Å². The Labute approximate surface area is 106 Å². The smallest absolute Gasteiger partial charge is 0.338 e. The van der Waals surface area contributed by atoms with Crippen LogP contribution in [0, 0.1) is 18.7 Å². The van der Waals surface area contributed by atoms with Crippen LogP contribution in [0.4, 0.5) is 4.39 Å². The lowest BCUT2D eigenvalue weighted by molar-refractivity contribution is 0.0431. The second kappa shape index (κ2) is 5.80. The van der Waals surface area contributed by atoms with E-state index in [1.165, 1.54) is 12.1 Å². The van der Waals surface area contributed by atoms with Gasteiger partial charge in [0.2, 0.25) is 0 Å². The predicted molar refractivity (Wildman–Crippen MR) is 67.9 cm³/mol. The zero-order valence-corrected chi connectivity index (χ0v) is 10.5. The molecule has 0 amide bonds. The summed E-state index contributed by atoms with van der Waals surface area (Å²) in [4.78, 5) is 11.9. The molecule has 0 bridgehead atoms. The van der Waals surface area contributed by atoms with Gasteiger partial charge in [-0.2, -0.15) is 0 Å². The third-order valence-corrected chi connectivity index (χ3v) is 3.25. The van der Waals surface area contributed by atoms with E-state index in [1.54, 1.807) is 13.0 Å². The van der Waals surface area contributed by atoms with Crippen molar-refractivity contribution in [1.29, 1.82) is 0 Å². The first-order chi connectivity index (χ1) is 8.66. The maximum atomic E-state index is 13.1. The standard InChI is InChI=1S/C15H17FO2/c1-11-7-8-13(16)9-14(11)15(17)18-10-12-5-3-2-4-6-12/h2-3,7-9,12H,4-6,10H2,1H3. The molecular formula is C15H17FO2. The molecule has 0 saturated heterocycles. The first-order valence-corrected chi connectivity index (χ1v) is 6.25. The molecule has 0 radical (unpaired) electrons. The maximum absolute atomic E-state index is 13.1. The lowest BCUT2D eigenvalue weighted by Gasteiger charge is -2.17. The lowest BCUT2D eigenvalue weighted by atomic mass is 9.95. The number of esters is 1. The van der Waals surface area contributed by atoms with Crippen LogP contribution in [0.2, 0.25) is 0 Å². The van der Waals surface area contributed by atoms with Crippen molar-refractivity contribution in [2.24, 2.45) is 5.92 Å². The maximum Gasteiger partial charge on any atom is 0.338 e. The largest absolute Gasteiger partial charge is 0.462 e. The summed E-state index contributed by atoms with van der Waals surface area (Å²) < 4.78 is 18.3. The highest BCUT2D eigenvalue weighted by molar-refractivity contribution is 5.91. The molecular weight excluding hydrogens is 231 g/mol. The number of halogens is 1. The fourth-order valence-corrected chi connectivity index (χ4v) is 2.09. The number of allylic oxidation sites excluding steroid dienone is 2. The highest BCUT2D eigenvalue weighted by Crippen LogP contribution is 2.19. The highest BCUT2D eigenvalue weighted by atomic mass is 19.1. The van der Waals surface area contributed by atoms with Crippen LogP contribution in [0.25, 0.3) is 0 Å². The van der Waals surface area contributed by atoms with E-state index in [2.05, 4.69) is 12.2 Å². The molecule has 0 spiro atoms. The minimum absolute atomic E-state index is 0.321. The average molecular weight is 248 g/mol. The third kappa shape index (κ3) is 3.19. The summed E-state index contributed by atoms with van der Waals surface area (Å²) in [6.07, 6.45) is 7.31. The van der Waals surface area contributed by atoms with E-state index in [-0.39, 0.29) is 0 Å². The van der Waals surface area contributed by atoms with E-state index in [1.807, 2.05) is 0 Å². The summed E-state index contributed by atoms with van der Waals surface area (Å²) in [5, 5.41) is 0. The van der Waals surface area contributed by atoms with Gasteiger partial charge in [0.05, 0.1) is 12.2 Å². The molecule has 1 aromatic carbocycles. The number of carbonyl (C=O) groups excluding carboxylic acids is 1. The Morgan fingerprint density at radius 2 is 2.28 bits per heavy atom. The molecule has 1 aliphatic carbocycles. The number of rotatable bonds is 3. The Morgan fingerprint density at radius 3 is 3.00 bits per heavy atom. The Bertz CT molecular complexity index is 466.